The van der Waals surface area contributed by atoms with Gasteiger partial charge in [0.2, 0.25) is 0 Å². The van der Waals surface area contributed by atoms with E-state index in [1.165, 1.54) is 38.5 Å². The lowest BCUT2D eigenvalue weighted by Gasteiger charge is -2.20. The topological polar surface area (TPSA) is 224 Å². The van der Waals surface area contributed by atoms with Crippen LogP contribution in [0.1, 0.15) is 113 Å². The summed E-state index contributed by atoms with van der Waals surface area (Å²) in [6.07, 6.45) is 21.2. The average Bonchev–Trinajstić information content (AvgIpc) is 4.15. The normalized spacial score (nSPS) is 13.6. The van der Waals surface area contributed by atoms with Gasteiger partial charge in [-0.25, -0.2) is 24.2 Å². The van der Waals surface area contributed by atoms with E-state index in [2.05, 4.69) is 68.3 Å². The first-order valence-corrected chi connectivity index (χ1v) is 25.9. The number of carbonyl (C=O) groups excluding carboxylic acids is 2. The minimum absolute atomic E-state index is 0.184. The number of nitrogens with one attached hydrogen (secondary N) is 3. The van der Waals surface area contributed by atoms with Crippen LogP contribution in [0.2, 0.25) is 0 Å². The number of hydrogen-bond donors (Lipinski definition) is 6. The summed E-state index contributed by atoms with van der Waals surface area (Å²) in [5.74, 6) is 1.25. The number of aromatic nitrogens is 8. The van der Waals surface area contributed by atoms with Gasteiger partial charge in [0.25, 0.3) is 11.8 Å². The molecule has 2 atom stereocenters. The second-order valence-corrected chi connectivity index (χ2v) is 19.3. The lowest BCUT2D eigenvalue weighted by atomic mass is 9.99. The number of imidazole rings is 2. The van der Waals surface area contributed by atoms with Crippen LogP contribution in [-0.4, -0.2) is 76.7 Å². The van der Waals surface area contributed by atoms with Crippen LogP contribution in [0.3, 0.4) is 0 Å². The highest BCUT2D eigenvalue weighted by Gasteiger charge is 2.26. The van der Waals surface area contributed by atoms with Crippen molar-refractivity contribution < 1.29 is 9.59 Å². The summed E-state index contributed by atoms with van der Waals surface area (Å²) >= 11 is 0. The molecule has 10 rings (SSSR count). The van der Waals surface area contributed by atoms with E-state index in [0.29, 0.717) is 42.4 Å². The van der Waals surface area contributed by atoms with Crippen molar-refractivity contribution in [2.24, 2.45) is 29.0 Å². The van der Waals surface area contributed by atoms with E-state index < -0.39 is 0 Å². The Balaban J connectivity index is 0.000000177. The summed E-state index contributed by atoms with van der Waals surface area (Å²) in [4.78, 5) is 38.5. The molecule has 2 aliphatic rings. The largest absolute Gasteiger partial charge is 0.330 e. The fourth-order valence-electron chi connectivity index (χ4n) is 9.08. The Morgan fingerprint density at radius 2 is 1.12 bits per heavy atom. The first-order valence-electron chi connectivity index (χ1n) is 25.9. The third-order valence-electron chi connectivity index (χ3n) is 13.3. The highest BCUT2D eigenvalue weighted by Crippen LogP contribution is 2.38. The fourth-order valence-corrected chi connectivity index (χ4v) is 9.08. The van der Waals surface area contributed by atoms with Crippen molar-refractivity contribution >= 4 is 28.9 Å². The van der Waals surface area contributed by atoms with Gasteiger partial charge in [-0.3, -0.25) is 9.59 Å². The molecule has 388 valence electrons. The predicted molar refractivity (Wildman–Crippen MR) is 295 cm³/mol. The van der Waals surface area contributed by atoms with Crippen LogP contribution in [-0.2, 0) is 6.54 Å². The molecule has 2 fully saturated rings. The first kappa shape index (κ1) is 53.3. The molecule has 75 heavy (non-hydrogen) atoms. The number of hydrogen-bond acceptors (Lipinski definition) is 10. The van der Waals surface area contributed by atoms with E-state index in [0.717, 1.165) is 82.9 Å². The van der Waals surface area contributed by atoms with E-state index in [-0.39, 0.29) is 23.9 Å². The maximum absolute atomic E-state index is 13.3. The molecule has 0 radical (unpaired) electrons. The van der Waals surface area contributed by atoms with Crippen LogP contribution < -0.4 is 33.2 Å². The number of aryl methyl sites for hydroxylation is 2. The fraction of sp³-hybridized carbons (Fsp3) is 0.328. The van der Waals surface area contributed by atoms with Gasteiger partial charge in [0.05, 0.1) is 54.1 Å². The lowest BCUT2D eigenvalue weighted by Crippen LogP contribution is -2.27. The Morgan fingerprint density at radius 3 is 1.56 bits per heavy atom. The number of nitrogens with zero attached hydrogens (tertiary/aromatic N) is 9. The number of nitrogens with two attached hydrogens (primary N) is 3. The van der Waals surface area contributed by atoms with Gasteiger partial charge in [0.1, 0.15) is 11.4 Å². The highest BCUT2D eigenvalue weighted by atomic mass is 16.2. The van der Waals surface area contributed by atoms with E-state index in [4.69, 9.17) is 23.8 Å². The van der Waals surface area contributed by atoms with E-state index in [9.17, 15) is 9.59 Å². The molecule has 0 aliphatic heterocycles. The molecule has 9 N–H and O–H groups in total. The second-order valence-electron chi connectivity index (χ2n) is 19.3. The second kappa shape index (κ2) is 26.3. The Bertz CT molecular complexity index is 3120. The van der Waals surface area contributed by atoms with Crippen LogP contribution >= 0.6 is 0 Å². The van der Waals surface area contributed by atoms with Gasteiger partial charge in [-0.1, -0.05) is 74.2 Å². The molecular formula is C58H69N15O2. The van der Waals surface area contributed by atoms with Crippen molar-refractivity contribution in [1.29, 1.82) is 0 Å². The summed E-state index contributed by atoms with van der Waals surface area (Å²) in [6, 6.07) is 35.0. The Kier molecular flexibility index (Phi) is 18.7. The molecule has 2 saturated carbocycles. The SMILES string of the molecule is Cc1cc(C(=O)Nc2cccc(C(CCC3CC3)n3ccnc3)c2)n(-c2cccc(CN)c2)n1.NCCNCCN.[C-]#[N+]c1cccc(-n2nc(C)cc2C(=O)Nc2cccc(C(CCC3CC3)n3ccnc3)c2)c1. The molecule has 17 nitrogen and oxygen atoms in total. The average molecular weight is 1010 g/mol. The molecule has 8 aromatic rings. The van der Waals surface area contributed by atoms with Crippen molar-refractivity contribution in [2.45, 2.75) is 83.8 Å². The van der Waals surface area contributed by atoms with Crippen molar-refractivity contribution in [3.63, 3.8) is 0 Å². The van der Waals surface area contributed by atoms with Gasteiger partial charge in [-0.15, -0.1) is 0 Å². The molecule has 2 amide bonds. The van der Waals surface area contributed by atoms with Crippen molar-refractivity contribution in [1.82, 2.24) is 44.0 Å². The maximum Gasteiger partial charge on any atom is 0.274 e. The van der Waals surface area contributed by atoms with Crippen LogP contribution in [0.4, 0.5) is 17.1 Å². The zero-order valence-corrected chi connectivity index (χ0v) is 42.9. The Hall–Kier alpha value is -8.01. The van der Waals surface area contributed by atoms with E-state index in [1.54, 1.807) is 39.7 Å². The summed E-state index contributed by atoms with van der Waals surface area (Å²) in [6.45, 7) is 14.6. The molecule has 4 heterocycles. The van der Waals surface area contributed by atoms with Gasteiger partial charge in [0.15, 0.2) is 5.69 Å². The zero-order chi connectivity index (χ0) is 52.5. The summed E-state index contributed by atoms with van der Waals surface area (Å²) in [5, 5.41) is 18.2. The molecule has 17 heteroatoms. The van der Waals surface area contributed by atoms with Gasteiger partial charge in [-0.05, 0) is 129 Å². The number of benzene rings is 4. The maximum atomic E-state index is 13.3. The molecule has 4 aromatic heterocycles. The quantitative estimate of drug-likeness (QED) is 0.0296. The van der Waals surface area contributed by atoms with Gasteiger partial charge < -0.3 is 42.3 Å². The highest BCUT2D eigenvalue weighted by molar-refractivity contribution is 6.04. The molecule has 2 aliphatic carbocycles. The molecule has 0 saturated heterocycles. The summed E-state index contributed by atoms with van der Waals surface area (Å²) in [7, 11) is 0. The number of carbonyl (C=O) groups is 2. The minimum atomic E-state index is -0.247. The summed E-state index contributed by atoms with van der Waals surface area (Å²) < 4.78 is 7.57. The zero-order valence-electron chi connectivity index (χ0n) is 42.9. The number of anilines is 2. The summed E-state index contributed by atoms with van der Waals surface area (Å²) in [5.41, 5.74) is 25.3. The van der Waals surface area contributed by atoms with Crippen LogP contribution in [0.25, 0.3) is 16.2 Å². The monoisotopic (exact) mass is 1010 g/mol. The van der Waals surface area contributed by atoms with E-state index in [1.807, 2.05) is 112 Å². The molecule has 0 bridgehead atoms. The standard InChI is InChI=1S/C27H26N6O.C27H30N6O.C4H13N3/c1-19-15-26(33(31-19)24-8-4-6-22(17-24)28-2)27(34)30-23-7-3-5-21(16-23)25(12-11-20-9-10-20)32-14-13-29-18-32;1-19-14-26(33(31-19)24-7-2-4-21(15-24)17-28)27(34)30-23-6-3-5-22(16-23)25(11-10-20-8-9-20)32-13-12-29-18-32;5-1-3-7-4-2-6/h3-8,13-18,20,25H,9-12H2,1H3,(H,30,34);2-7,12-16,18,20,25H,8-11,17,28H2,1H3,(H,30,34);7H,1-6H2. The minimum Gasteiger partial charge on any atom is -0.330 e. The third kappa shape index (κ3) is 15.1. The van der Waals surface area contributed by atoms with Gasteiger partial charge in [0, 0.05) is 68.9 Å². The molecule has 2 unspecified atom stereocenters. The molecular weight excluding hydrogens is 939 g/mol. The lowest BCUT2D eigenvalue weighted by molar-refractivity contribution is 0.101. The van der Waals surface area contributed by atoms with Crippen LogP contribution in [0, 0.1) is 32.3 Å². The van der Waals surface area contributed by atoms with Crippen molar-refractivity contribution in [3.05, 3.63) is 198 Å². The predicted octanol–water partition coefficient (Wildman–Crippen LogP) is 9.32. The van der Waals surface area contributed by atoms with Crippen molar-refractivity contribution in [3.8, 4) is 11.4 Å². The van der Waals surface area contributed by atoms with Crippen LogP contribution in [0.15, 0.2) is 147 Å². The van der Waals surface area contributed by atoms with Gasteiger partial charge in [-0.2, -0.15) is 10.2 Å². The smallest absolute Gasteiger partial charge is 0.274 e. The van der Waals surface area contributed by atoms with E-state index >= 15 is 0 Å². The third-order valence-corrected chi connectivity index (χ3v) is 13.3. The molecule has 0 spiro atoms. The number of amides is 2. The number of rotatable bonds is 21. The van der Waals surface area contributed by atoms with Crippen molar-refractivity contribution in [2.75, 3.05) is 36.8 Å². The van der Waals surface area contributed by atoms with Crippen LogP contribution in [0.5, 0.6) is 0 Å². The first-order chi connectivity index (χ1) is 36.6. The molecule has 4 aromatic carbocycles. The Morgan fingerprint density at radius 1 is 0.640 bits per heavy atom. The van der Waals surface area contributed by atoms with Gasteiger partial charge >= 0.3 is 0 Å². The Labute approximate surface area is 439 Å².